The predicted molar refractivity (Wildman–Crippen MR) is 162 cm³/mol. The molecule has 44 heavy (non-hydrogen) atoms. The number of amides is 1. The van der Waals surface area contributed by atoms with Crippen molar-refractivity contribution in [1.82, 2.24) is 39.7 Å². The number of sulfone groups is 1. The summed E-state index contributed by atoms with van der Waals surface area (Å²) in [6.45, 7) is 1.75. The number of fused-ring (bicyclic) bond motifs is 3. The summed E-state index contributed by atoms with van der Waals surface area (Å²) < 4.78 is 32.9. The highest BCUT2D eigenvalue weighted by molar-refractivity contribution is 7.91. The van der Waals surface area contributed by atoms with Crippen LogP contribution in [-0.4, -0.2) is 79.4 Å². The molecule has 0 unspecified atom stereocenters. The fourth-order valence-corrected chi connectivity index (χ4v) is 7.72. The first-order chi connectivity index (χ1) is 21.1. The molecule has 0 aliphatic carbocycles. The average Bonchev–Trinajstić information content (AvgIpc) is 3.71. The summed E-state index contributed by atoms with van der Waals surface area (Å²) in [6, 6.07) is 11.3. The highest BCUT2D eigenvalue weighted by atomic mass is 32.2. The summed E-state index contributed by atoms with van der Waals surface area (Å²) in [4.78, 5) is 27.7. The monoisotopic (exact) mass is 613 g/mol. The normalized spacial score (nSPS) is 19.9. The van der Waals surface area contributed by atoms with E-state index >= 15 is 0 Å². The van der Waals surface area contributed by atoms with E-state index in [1.165, 1.54) is 4.52 Å². The molecule has 2 bridgehead atoms. The number of rotatable bonds is 6. The van der Waals surface area contributed by atoms with Crippen molar-refractivity contribution in [1.29, 1.82) is 0 Å². The van der Waals surface area contributed by atoms with Gasteiger partial charge in [-0.15, -0.1) is 10.2 Å². The third kappa shape index (κ3) is 4.65. The van der Waals surface area contributed by atoms with E-state index in [0.717, 1.165) is 41.7 Å². The minimum absolute atomic E-state index is 0.0114. The molecule has 2 fully saturated rings. The predicted octanol–water partition coefficient (Wildman–Crippen LogP) is 3.43. The zero-order valence-corrected chi connectivity index (χ0v) is 25.2. The highest BCUT2D eigenvalue weighted by Gasteiger charge is 2.46. The minimum atomic E-state index is -3.76. The average molecular weight is 614 g/mol. The fraction of sp³-hybridized carbons (Fsp3) is 0.333. The number of nitrogens with zero attached hydrogens (tertiary/aromatic N) is 7. The standard InChI is InChI=1S/C30H31N9O4S/c1-16-34-28(37-36-16)30(40)38-20-7-8-21(38)13-19(12-20)25-26(44(3,41)42)27(31)39-29(35-25)23(15-33-39)18-6-11-24(32-14-18)17-4-9-22(43-2)10-5-17/h4-6,9-11,14-15,19-21H,7-8,12-13,31H2,1-3H3,(H,34,36,37)/t19-,20-,21+. The minimum Gasteiger partial charge on any atom is -0.497 e. The van der Waals surface area contributed by atoms with Gasteiger partial charge in [0.25, 0.3) is 5.91 Å². The number of aryl methyl sites for hydroxylation is 1. The number of hydrogen-bond acceptors (Lipinski definition) is 10. The maximum atomic E-state index is 13.3. The van der Waals surface area contributed by atoms with Crippen LogP contribution in [0, 0.1) is 6.92 Å². The first-order valence-electron chi connectivity index (χ1n) is 14.3. The van der Waals surface area contributed by atoms with E-state index < -0.39 is 9.84 Å². The number of ether oxygens (including phenoxy) is 1. The van der Waals surface area contributed by atoms with Gasteiger partial charge in [0.15, 0.2) is 15.5 Å². The van der Waals surface area contributed by atoms with Gasteiger partial charge in [-0.1, -0.05) is 6.07 Å². The van der Waals surface area contributed by atoms with Crippen molar-refractivity contribution >= 4 is 27.2 Å². The molecule has 2 aliphatic rings. The molecule has 4 aromatic heterocycles. The quantitative estimate of drug-likeness (QED) is 0.289. The highest BCUT2D eigenvalue weighted by Crippen LogP contribution is 2.45. The number of methoxy groups -OCH3 is 1. The van der Waals surface area contributed by atoms with E-state index in [1.807, 2.05) is 41.3 Å². The largest absolute Gasteiger partial charge is 0.497 e. The first-order valence-corrected chi connectivity index (χ1v) is 16.2. The number of benzene rings is 1. The van der Waals surface area contributed by atoms with Crippen LogP contribution in [0.1, 0.15) is 53.7 Å². The van der Waals surface area contributed by atoms with Crippen LogP contribution in [0.4, 0.5) is 5.82 Å². The molecular formula is C30H31N9O4S. The van der Waals surface area contributed by atoms with Gasteiger partial charge in [-0.2, -0.15) is 9.61 Å². The second kappa shape index (κ2) is 10.4. The molecule has 3 atom stereocenters. The number of anilines is 1. The lowest BCUT2D eigenvalue weighted by Crippen LogP contribution is -2.46. The molecule has 7 rings (SSSR count). The molecule has 14 heteroatoms. The van der Waals surface area contributed by atoms with Crippen LogP contribution in [-0.2, 0) is 9.84 Å². The van der Waals surface area contributed by atoms with E-state index in [1.54, 1.807) is 26.4 Å². The summed E-state index contributed by atoms with van der Waals surface area (Å²) in [5.74, 6) is 1.16. The lowest BCUT2D eigenvalue weighted by molar-refractivity contribution is 0.0556. The molecule has 13 nitrogen and oxygen atoms in total. The Morgan fingerprint density at radius 3 is 2.32 bits per heavy atom. The number of nitrogen functional groups attached to an aromatic ring is 1. The van der Waals surface area contributed by atoms with Gasteiger partial charge in [0, 0.05) is 47.1 Å². The van der Waals surface area contributed by atoms with Crippen molar-refractivity contribution in [3.63, 3.8) is 0 Å². The zero-order chi connectivity index (χ0) is 30.7. The number of nitrogens with one attached hydrogen (secondary N) is 1. The Morgan fingerprint density at radius 2 is 1.73 bits per heavy atom. The lowest BCUT2D eigenvalue weighted by atomic mass is 9.87. The number of piperidine rings is 1. The van der Waals surface area contributed by atoms with E-state index in [4.69, 9.17) is 15.5 Å². The third-order valence-electron chi connectivity index (χ3n) is 8.65. The van der Waals surface area contributed by atoms with Gasteiger partial charge in [0.1, 0.15) is 22.3 Å². The van der Waals surface area contributed by atoms with Gasteiger partial charge in [0.2, 0.25) is 5.82 Å². The third-order valence-corrected chi connectivity index (χ3v) is 9.81. The van der Waals surface area contributed by atoms with Gasteiger partial charge >= 0.3 is 0 Å². The molecule has 0 radical (unpaired) electrons. The summed E-state index contributed by atoms with van der Waals surface area (Å²) in [7, 11) is -2.14. The van der Waals surface area contributed by atoms with Crippen LogP contribution in [0.2, 0.25) is 0 Å². The topological polar surface area (TPSA) is 174 Å². The van der Waals surface area contributed by atoms with Crippen molar-refractivity contribution in [3.05, 3.63) is 66.1 Å². The van der Waals surface area contributed by atoms with Crippen molar-refractivity contribution in [3.8, 4) is 28.1 Å². The van der Waals surface area contributed by atoms with Gasteiger partial charge in [0.05, 0.1) is 24.7 Å². The Kier molecular flexibility index (Phi) is 6.61. The van der Waals surface area contributed by atoms with Crippen molar-refractivity contribution < 1.29 is 17.9 Å². The van der Waals surface area contributed by atoms with E-state index in [0.29, 0.717) is 35.6 Å². The van der Waals surface area contributed by atoms with Gasteiger partial charge in [-0.25, -0.2) is 13.4 Å². The summed E-state index contributed by atoms with van der Waals surface area (Å²) in [6.07, 6.45) is 7.26. The van der Waals surface area contributed by atoms with Crippen molar-refractivity contribution in [2.45, 2.75) is 55.5 Å². The Balaban J connectivity index is 1.25. The summed E-state index contributed by atoms with van der Waals surface area (Å²) >= 11 is 0. The fourth-order valence-electron chi connectivity index (χ4n) is 6.66. The number of hydrogen-bond donors (Lipinski definition) is 2. The van der Waals surface area contributed by atoms with Crippen LogP contribution in [0.25, 0.3) is 28.0 Å². The van der Waals surface area contributed by atoms with Crippen LogP contribution in [0.5, 0.6) is 5.75 Å². The molecule has 1 amide bonds. The molecule has 226 valence electrons. The molecule has 3 N–H and O–H groups in total. The number of nitrogens with two attached hydrogens (primary N) is 1. The number of pyridine rings is 1. The second-order valence-corrected chi connectivity index (χ2v) is 13.4. The smallest absolute Gasteiger partial charge is 0.292 e. The van der Waals surface area contributed by atoms with Gasteiger partial charge in [-0.3, -0.25) is 9.78 Å². The Morgan fingerprint density at radius 1 is 1.02 bits per heavy atom. The van der Waals surface area contributed by atoms with E-state index in [9.17, 15) is 13.2 Å². The summed E-state index contributed by atoms with van der Waals surface area (Å²) in [5, 5.41) is 12.4. The molecule has 0 saturated carbocycles. The van der Waals surface area contributed by atoms with Crippen molar-refractivity contribution in [2.24, 2.45) is 0 Å². The van der Waals surface area contributed by atoms with Crippen LogP contribution >= 0.6 is 0 Å². The molecule has 2 aliphatic heterocycles. The maximum absolute atomic E-state index is 13.3. The van der Waals surface area contributed by atoms with Crippen LogP contribution < -0.4 is 10.5 Å². The van der Waals surface area contributed by atoms with Gasteiger partial charge < -0.3 is 20.4 Å². The Bertz CT molecular complexity index is 1990. The molecular weight excluding hydrogens is 582 g/mol. The Hall–Kier alpha value is -4.85. The van der Waals surface area contributed by atoms with Crippen LogP contribution in [0.3, 0.4) is 0 Å². The molecule has 2 saturated heterocycles. The van der Waals surface area contributed by atoms with E-state index in [2.05, 4.69) is 25.3 Å². The number of aromatic amines is 1. The maximum Gasteiger partial charge on any atom is 0.292 e. The SMILES string of the molecule is COc1ccc(-c2ccc(-c3cnn4c(N)c(S(C)(=O)=O)c([C@@H]5C[C@H]6CC[C@@H](C5)N6C(=O)c5nnc(C)[nH]5)nc34)cn2)cc1. The Labute approximate surface area is 253 Å². The number of aromatic nitrogens is 7. The van der Waals surface area contributed by atoms with E-state index in [-0.39, 0.29) is 40.4 Å². The molecule has 6 heterocycles. The molecule has 0 spiro atoms. The number of H-pyrrole nitrogens is 1. The number of carbonyl (C=O) groups excluding carboxylic acids is 1. The first kappa shape index (κ1) is 28.0. The molecule has 1 aromatic carbocycles. The van der Waals surface area contributed by atoms with Crippen LogP contribution in [0.15, 0.2) is 53.7 Å². The second-order valence-electron chi connectivity index (χ2n) is 11.5. The zero-order valence-electron chi connectivity index (χ0n) is 24.4. The summed E-state index contributed by atoms with van der Waals surface area (Å²) in [5.41, 5.74) is 10.6. The molecule has 5 aromatic rings. The lowest BCUT2D eigenvalue weighted by Gasteiger charge is -2.38. The van der Waals surface area contributed by atoms with Crippen molar-refractivity contribution in [2.75, 3.05) is 19.1 Å². The number of carbonyl (C=O) groups is 1. The van der Waals surface area contributed by atoms with Gasteiger partial charge in [-0.05, 0) is 62.9 Å².